The molecule has 2 aromatic rings. The molecule has 21 heavy (non-hydrogen) atoms. The van der Waals surface area contributed by atoms with E-state index in [9.17, 15) is 4.39 Å². The molecule has 0 aliphatic carbocycles. The molecule has 1 atom stereocenters. The lowest BCUT2D eigenvalue weighted by Gasteiger charge is -2.09. The minimum Gasteiger partial charge on any atom is -0.493 e. The summed E-state index contributed by atoms with van der Waals surface area (Å²) < 4.78 is 12.1. The average molecular weight is 288 g/mol. The van der Waals surface area contributed by atoms with Gasteiger partial charge in [-0.05, 0) is 29.3 Å². The van der Waals surface area contributed by atoms with Crippen LogP contribution in [-0.2, 0) is 0 Å². The number of halogens is 1. The van der Waals surface area contributed by atoms with Crippen LogP contribution in [0.25, 0.3) is 12.2 Å². The molecule has 0 saturated carbocycles. The Hall–Kier alpha value is -2.40. The number of aliphatic hydroxyl groups excluding tert-OH is 1. The Kier molecular flexibility index (Phi) is 5.29. The van der Waals surface area contributed by atoms with Gasteiger partial charge in [-0.1, -0.05) is 24.3 Å². The van der Waals surface area contributed by atoms with Gasteiger partial charge in [0.1, 0.15) is 6.67 Å². The molecule has 0 amide bonds. The van der Waals surface area contributed by atoms with Crippen molar-refractivity contribution >= 4 is 17.8 Å². The Bertz CT molecular complexity index is 582. The lowest BCUT2D eigenvalue weighted by atomic mass is 10.1. The lowest BCUT2D eigenvalue weighted by molar-refractivity contribution is 0.151. The molecule has 0 aliphatic rings. The molecule has 0 fully saturated rings. The minimum absolute atomic E-state index is 0.00181. The average Bonchev–Trinajstić information content (AvgIpc) is 2.53. The topological polar surface area (TPSA) is 65.4 Å². The molecule has 0 radical (unpaired) electrons. The van der Waals surface area contributed by atoms with Crippen LogP contribution < -0.4 is 5.32 Å². The fourth-order valence-corrected chi connectivity index (χ4v) is 1.69. The van der Waals surface area contributed by atoms with E-state index in [0.29, 0.717) is 0 Å². The van der Waals surface area contributed by atoms with Crippen LogP contribution in [0.4, 0.5) is 10.1 Å². The van der Waals surface area contributed by atoms with Gasteiger partial charge in [-0.15, -0.1) is 0 Å². The Labute approximate surface area is 122 Å². The van der Waals surface area contributed by atoms with Crippen molar-refractivity contribution in [3.8, 4) is 5.88 Å². The van der Waals surface area contributed by atoms with Crippen LogP contribution in [0, 0.1) is 0 Å². The van der Waals surface area contributed by atoms with Crippen LogP contribution in [0.2, 0.25) is 0 Å². The van der Waals surface area contributed by atoms with E-state index in [2.05, 4.69) is 10.3 Å². The maximum Gasteiger partial charge on any atom is 0.210 e. The zero-order valence-corrected chi connectivity index (χ0v) is 11.4. The van der Waals surface area contributed by atoms with Gasteiger partial charge in [0.15, 0.2) is 0 Å². The van der Waals surface area contributed by atoms with Crippen molar-refractivity contribution in [3.63, 3.8) is 0 Å². The SMILES string of the molecule is Oc1ccc(/C=C/c2ccc(NCC(O)CF)cc2)cn1. The van der Waals surface area contributed by atoms with Gasteiger partial charge in [0.2, 0.25) is 5.88 Å². The van der Waals surface area contributed by atoms with Crippen molar-refractivity contribution in [2.45, 2.75) is 6.10 Å². The summed E-state index contributed by atoms with van der Waals surface area (Å²) in [6.07, 6.45) is 4.42. The molecule has 4 nitrogen and oxygen atoms in total. The quantitative estimate of drug-likeness (QED) is 0.764. The molecule has 5 heteroatoms. The highest BCUT2D eigenvalue weighted by atomic mass is 19.1. The van der Waals surface area contributed by atoms with Crippen LogP contribution in [0.1, 0.15) is 11.1 Å². The van der Waals surface area contributed by atoms with Crippen molar-refractivity contribution in [2.24, 2.45) is 0 Å². The summed E-state index contributed by atoms with van der Waals surface area (Å²) in [5, 5.41) is 21.2. The molecule has 0 aliphatic heterocycles. The number of rotatable bonds is 6. The zero-order chi connectivity index (χ0) is 15.1. The van der Waals surface area contributed by atoms with Crippen molar-refractivity contribution in [2.75, 3.05) is 18.5 Å². The van der Waals surface area contributed by atoms with Gasteiger partial charge in [-0.25, -0.2) is 9.37 Å². The van der Waals surface area contributed by atoms with Gasteiger partial charge in [0.25, 0.3) is 0 Å². The summed E-state index contributed by atoms with van der Waals surface area (Å²) in [6.45, 7) is -0.570. The first-order chi connectivity index (χ1) is 10.2. The van der Waals surface area contributed by atoms with Crippen LogP contribution in [-0.4, -0.2) is 34.5 Å². The Balaban J connectivity index is 1.94. The molecule has 1 heterocycles. The fraction of sp³-hybridized carbons (Fsp3) is 0.188. The predicted molar refractivity (Wildman–Crippen MR) is 81.7 cm³/mol. The first kappa shape index (κ1) is 15.0. The third-order valence-electron chi connectivity index (χ3n) is 2.87. The molecule has 1 aromatic heterocycles. The molecule has 1 unspecified atom stereocenters. The monoisotopic (exact) mass is 288 g/mol. The first-order valence-corrected chi connectivity index (χ1v) is 6.58. The van der Waals surface area contributed by atoms with Gasteiger partial charge < -0.3 is 15.5 Å². The summed E-state index contributed by atoms with van der Waals surface area (Å²) in [5.41, 5.74) is 2.71. The van der Waals surface area contributed by atoms with Crippen molar-refractivity contribution in [3.05, 3.63) is 53.7 Å². The minimum atomic E-state index is -0.980. The molecule has 0 bridgehead atoms. The van der Waals surface area contributed by atoms with E-state index in [-0.39, 0.29) is 12.4 Å². The number of alkyl halides is 1. The highest BCUT2D eigenvalue weighted by Crippen LogP contribution is 2.13. The van der Waals surface area contributed by atoms with Crippen LogP contribution >= 0.6 is 0 Å². The fourth-order valence-electron chi connectivity index (χ4n) is 1.69. The van der Waals surface area contributed by atoms with Gasteiger partial charge >= 0.3 is 0 Å². The number of hydrogen-bond acceptors (Lipinski definition) is 4. The smallest absolute Gasteiger partial charge is 0.210 e. The predicted octanol–water partition coefficient (Wildman–Crippen LogP) is 2.70. The highest BCUT2D eigenvalue weighted by molar-refractivity contribution is 5.70. The lowest BCUT2D eigenvalue weighted by Crippen LogP contribution is -2.21. The molecule has 3 N–H and O–H groups in total. The van der Waals surface area contributed by atoms with Crippen molar-refractivity contribution < 1.29 is 14.6 Å². The number of benzene rings is 1. The summed E-state index contributed by atoms with van der Waals surface area (Å²) in [6, 6.07) is 10.8. The van der Waals surface area contributed by atoms with Crippen LogP contribution in [0.3, 0.4) is 0 Å². The number of hydrogen-bond donors (Lipinski definition) is 3. The molecule has 2 rings (SSSR count). The summed E-state index contributed by atoms with van der Waals surface area (Å²) >= 11 is 0. The van der Waals surface area contributed by atoms with E-state index in [1.807, 2.05) is 36.4 Å². The third kappa shape index (κ3) is 4.89. The second kappa shape index (κ2) is 7.40. The Morgan fingerprint density at radius 3 is 2.38 bits per heavy atom. The normalized spacial score (nSPS) is 12.5. The number of aromatic hydroxyl groups is 1. The highest BCUT2D eigenvalue weighted by Gasteiger charge is 2.01. The summed E-state index contributed by atoms with van der Waals surface area (Å²) in [5.74, 6) is -0.00181. The molecule has 0 saturated heterocycles. The number of pyridine rings is 1. The molecule has 110 valence electrons. The maximum atomic E-state index is 12.1. The van der Waals surface area contributed by atoms with E-state index in [1.165, 1.54) is 6.07 Å². The Morgan fingerprint density at radius 1 is 1.10 bits per heavy atom. The second-order valence-electron chi connectivity index (χ2n) is 4.59. The van der Waals surface area contributed by atoms with E-state index < -0.39 is 12.8 Å². The van der Waals surface area contributed by atoms with Gasteiger partial charge in [0, 0.05) is 24.5 Å². The second-order valence-corrected chi connectivity index (χ2v) is 4.59. The Morgan fingerprint density at radius 2 is 1.76 bits per heavy atom. The van der Waals surface area contributed by atoms with E-state index >= 15 is 0 Å². The maximum absolute atomic E-state index is 12.1. The third-order valence-corrected chi connectivity index (χ3v) is 2.87. The van der Waals surface area contributed by atoms with Gasteiger partial charge in [-0.2, -0.15) is 0 Å². The number of nitrogens with zero attached hydrogens (tertiary/aromatic N) is 1. The van der Waals surface area contributed by atoms with Crippen molar-refractivity contribution in [1.29, 1.82) is 0 Å². The van der Waals surface area contributed by atoms with Crippen LogP contribution in [0.15, 0.2) is 42.6 Å². The molecular weight excluding hydrogens is 271 g/mol. The van der Waals surface area contributed by atoms with E-state index in [1.54, 1.807) is 12.3 Å². The summed E-state index contributed by atoms with van der Waals surface area (Å²) in [4.78, 5) is 3.79. The van der Waals surface area contributed by atoms with Gasteiger partial charge in [-0.3, -0.25) is 0 Å². The number of aliphatic hydroxyl groups is 1. The molecule has 0 spiro atoms. The van der Waals surface area contributed by atoms with E-state index in [4.69, 9.17) is 10.2 Å². The number of aromatic nitrogens is 1. The zero-order valence-electron chi connectivity index (χ0n) is 11.4. The largest absolute Gasteiger partial charge is 0.493 e. The van der Waals surface area contributed by atoms with Gasteiger partial charge in [0.05, 0.1) is 6.10 Å². The first-order valence-electron chi connectivity index (χ1n) is 6.58. The summed E-state index contributed by atoms with van der Waals surface area (Å²) in [7, 11) is 0. The molecule has 1 aromatic carbocycles. The van der Waals surface area contributed by atoms with E-state index in [0.717, 1.165) is 16.8 Å². The number of nitrogens with one attached hydrogen (secondary N) is 1. The van der Waals surface area contributed by atoms with Crippen molar-refractivity contribution in [1.82, 2.24) is 4.98 Å². The standard InChI is InChI=1S/C16H17FN2O2/c17-9-15(20)11-18-14-6-3-12(4-7-14)1-2-13-5-8-16(21)19-10-13/h1-8,10,15,18,20H,9,11H2,(H,19,21)/b2-1+. The number of anilines is 1. The van der Waals surface area contributed by atoms with Crippen LogP contribution in [0.5, 0.6) is 5.88 Å². The molecular formula is C16H17FN2O2.